The van der Waals surface area contributed by atoms with Gasteiger partial charge in [-0.15, -0.1) is 0 Å². The van der Waals surface area contributed by atoms with E-state index in [0.29, 0.717) is 5.92 Å². The predicted molar refractivity (Wildman–Crippen MR) is 77.5 cm³/mol. The van der Waals surface area contributed by atoms with Crippen molar-refractivity contribution in [3.63, 3.8) is 0 Å². The summed E-state index contributed by atoms with van der Waals surface area (Å²) in [5.41, 5.74) is 1.43. The Morgan fingerprint density at radius 1 is 1.42 bits per heavy atom. The van der Waals surface area contributed by atoms with Crippen molar-refractivity contribution in [2.45, 2.75) is 39.2 Å². The van der Waals surface area contributed by atoms with Crippen LogP contribution in [0, 0.1) is 5.92 Å². The van der Waals surface area contributed by atoms with Crippen molar-refractivity contribution < 1.29 is 9.84 Å². The third-order valence-electron chi connectivity index (χ3n) is 3.65. The molecule has 3 nitrogen and oxygen atoms in total. The molecule has 1 aliphatic rings. The van der Waals surface area contributed by atoms with Crippen molar-refractivity contribution in [1.82, 2.24) is 5.32 Å². The molecule has 0 saturated carbocycles. The van der Waals surface area contributed by atoms with Crippen LogP contribution in [-0.4, -0.2) is 24.8 Å². The SMILES string of the molecule is CC(C)CNCCC(C)(O)c1ccc2c(c1)CCO2. The van der Waals surface area contributed by atoms with E-state index >= 15 is 0 Å². The van der Waals surface area contributed by atoms with Crippen molar-refractivity contribution in [3.05, 3.63) is 29.3 Å². The Hall–Kier alpha value is -1.06. The third kappa shape index (κ3) is 3.71. The minimum atomic E-state index is -0.776. The van der Waals surface area contributed by atoms with Crippen molar-refractivity contribution in [2.75, 3.05) is 19.7 Å². The second-order valence-corrected chi connectivity index (χ2v) is 6.04. The van der Waals surface area contributed by atoms with Crippen molar-refractivity contribution in [3.8, 4) is 5.75 Å². The van der Waals surface area contributed by atoms with Crippen molar-refractivity contribution in [1.29, 1.82) is 0 Å². The molecule has 0 saturated heterocycles. The molecule has 1 atom stereocenters. The highest BCUT2D eigenvalue weighted by Crippen LogP contribution is 2.31. The Labute approximate surface area is 116 Å². The van der Waals surface area contributed by atoms with Gasteiger partial charge in [-0.25, -0.2) is 0 Å². The summed E-state index contributed by atoms with van der Waals surface area (Å²) in [5, 5.41) is 14.0. The second-order valence-electron chi connectivity index (χ2n) is 6.04. The van der Waals surface area contributed by atoms with Crippen LogP contribution in [0.3, 0.4) is 0 Å². The summed E-state index contributed by atoms with van der Waals surface area (Å²) >= 11 is 0. The van der Waals surface area contributed by atoms with E-state index in [1.165, 1.54) is 5.56 Å². The summed E-state index contributed by atoms with van der Waals surface area (Å²) in [7, 11) is 0. The summed E-state index contributed by atoms with van der Waals surface area (Å²) in [6, 6.07) is 6.05. The normalized spacial score (nSPS) is 17.1. The molecule has 1 aliphatic heterocycles. The zero-order valence-electron chi connectivity index (χ0n) is 12.2. The molecule has 1 heterocycles. The van der Waals surface area contributed by atoms with E-state index in [1.54, 1.807) is 0 Å². The van der Waals surface area contributed by atoms with Crippen LogP contribution in [0.15, 0.2) is 18.2 Å². The smallest absolute Gasteiger partial charge is 0.122 e. The third-order valence-corrected chi connectivity index (χ3v) is 3.65. The standard InChI is InChI=1S/C16H25NO2/c1-12(2)11-17-8-7-16(3,18)14-4-5-15-13(10-14)6-9-19-15/h4-5,10,12,17-18H,6-9,11H2,1-3H3. The quantitative estimate of drug-likeness (QED) is 0.775. The average molecular weight is 263 g/mol. The molecule has 1 unspecified atom stereocenters. The number of aliphatic hydroxyl groups is 1. The van der Waals surface area contributed by atoms with Gasteiger partial charge in [0.05, 0.1) is 12.2 Å². The first kappa shape index (κ1) is 14.4. The van der Waals surface area contributed by atoms with Gasteiger partial charge in [-0.3, -0.25) is 0 Å². The van der Waals surface area contributed by atoms with Gasteiger partial charge in [0.15, 0.2) is 0 Å². The first-order valence-corrected chi connectivity index (χ1v) is 7.18. The predicted octanol–water partition coefficient (Wildman–Crippen LogP) is 2.46. The number of fused-ring (bicyclic) bond motifs is 1. The van der Waals surface area contributed by atoms with Crippen LogP contribution in [0.2, 0.25) is 0 Å². The van der Waals surface area contributed by atoms with Gasteiger partial charge in [0.1, 0.15) is 5.75 Å². The molecule has 2 N–H and O–H groups in total. The molecule has 19 heavy (non-hydrogen) atoms. The fourth-order valence-corrected chi connectivity index (χ4v) is 2.39. The maximum absolute atomic E-state index is 10.6. The Kier molecular flexibility index (Phi) is 4.48. The second kappa shape index (κ2) is 5.93. The summed E-state index contributed by atoms with van der Waals surface area (Å²) < 4.78 is 5.50. The van der Waals surface area contributed by atoms with Crippen LogP contribution in [0.4, 0.5) is 0 Å². The summed E-state index contributed by atoms with van der Waals surface area (Å²) in [5.74, 6) is 1.61. The Balaban J connectivity index is 1.95. The maximum atomic E-state index is 10.6. The van der Waals surface area contributed by atoms with E-state index in [1.807, 2.05) is 19.1 Å². The summed E-state index contributed by atoms with van der Waals surface area (Å²) in [6.07, 6.45) is 1.67. The molecule has 1 aromatic rings. The van der Waals surface area contributed by atoms with Crippen LogP contribution in [-0.2, 0) is 12.0 Å². The van der Waals surface area contributed by atoms with E-state index in [2.05, 4.69) is 25.2 Å². The number of rotatable bonds is 6. The molecule has 0 spiro atoms. The molecule has 106 valence electrons. The fourth-order valence-electron chi connectivity index (χ4n) is 2.39. The lowest BCUT2D eigenvalue weighted by molar-refractivity contribution is 0.0478. The Bertz CT molecular complexity index is 427. The summed E-state index contributed by atoms with van der Waals surface area (Å²) in [4.78, 5) is 0. The van der Waals surface area contributed by atoms with Gasteiger partial charge in [0.2, 0.25) is 0 Å². The minimum Gasteiger partial charge on any atom is -0.493 e. The highest BCUT2D eigenvalue weighted by molar-refractivity contribution is 5.41. The molecule has 1 aromatic carbocycles. The lowest BCUT2D eigenvalue weighted by Crippen LogP contribution is -2.29. The van der Waals surface area contributed by atoms with Crippen molar-refractivity contribution in [2.24, 2.45) is 5.92 Å². The zero-order chi connectivity index (χ0) is 13.9. The number of hydrogen-bond donors (Lipinski definition) is 2. The molecular formula is C16H25NO2. The number of hydrogen-bond acceptors (Lipinski definition) is 3. The largest absolute Gasteiger partial charge is 0.493 e. The first-order chi connectivity index (χ1) is 8.99. The number of nitrogens with one attached hydrogen (secondary N) is 1. The highest BCUT2D eigenvalue weighted by atomic mass is 16.5. The maximum Gasteiger partial charge on any atom is 0.122 e. The van der Waals surface area contributed by atoms with E-state index in [0.717, 1.165) is 43.9 Å². The van der Waals surface area contributed by atoms with E-state index < -0.39 is 5.60 Å². The van der Waals surface area contributed by atoms with Crippen LogP contribution < -0.4 is 10.1 Å². The fraction of sp³-hybridized carbons (Fsp3) is 0.625. The lowest BCUT2D eigenvalue weighted by atomic mass is 9.91. The van der Waals surface area contributed by atoms with Gasteiger partial charge in [0, 0.05) is 6.42 Å². The lowest BCUT2D eigenvalue weighted by Gasteiger charge is -2.25. The first-order valence-electron chi connectivity index (χ1n) is 7.18. The zero-order valence-corrected chi connectivity index (χ0v) is 12.2. The number of ether oxygens (including phenoxy) is 1. The highest BCUT2D eigenvalue weighted by Gasteiger charge is 2.24. The van der Waals surface area contributed by atoms with Crippen LogP contribution in [0.5, 0.6) is 5.75 Å². The van der Waals surface area contributed by atoms with Crippen LogP contribution in [0.25, 0.3) is 0 Å². The Morgan fingerprint density at radius 3 is 2.95 bits per heavy atom. The van der Waals surface area contributed by atoms with Crippen molar-refractivity contribution >= 4 is 0 Å². The molecular weight excluding hydrogens is 238 g/mol. The number of benzene rings is 1. The van der Waals surface area contributed by atoms with Crippen LogP contribution >= 0.6 is 0 Å². The molecule has 0 aromatic heterocycles. The van der Waals surface area contributed by atoms with Gasteiger partial charge >= 0.3 is 0 Å². The van der Waals surface area contributed by atoms with E-state index in [-0.39, 0.29) is 0 Å². The Morgan fingerprint density at radius 2 is 2.21 bits per heavy atom. The molecule has 3 heteroatoms. The van der Waals surface area contributed by atoms with Gasteiger partial charge in [-0.1, -0.05) is 19.9 Å². The van der Waals surface area contributed by atoms with E-state index in [9.17, 15) is 5.11 Å². The molecule has 0 amide bonds. The van der Waals surface area contributed by atoms with Gasteiger partial charge < -0.3 is 15.2 Å². The summed E-state index contributed by atoms with van der Waals surface area (Å²) in [6.45, 7) is 8.85. The molecule has 0 bridgehead atoms. The molecule has 2 rings (SSSR count). The average Bonchev–Trinajstić information content (AvgIpc) is 2.81. The van der Waals surface area contributed by atoms with Gasteiger partial charge in [-0.2, -0.15) is 0 Å². The molecule has 0 aliphatic carbocycles. The monoisotopic (exact) mass is 263 g/mol. The molecule has 0 radical (unpaired) electrons. The topological polar surface area (TPSA) is 41.5 Å². The van der Waals surface area contributed by atoms with Gasteiger partial charge in [-0.05, 0) is 55.6 Å². The van der Waals surface area contributed by atoms with Crippen LogP contribution in [0.1, 0.15) is 38.3 Å². The van der Waals surface area contributed by atoms with E-state index in [4.69, 9.17) is 4.74 Å². The minimum absolute atomic E-state index is 0.641. The molecule has 0 fully saturated rings. The van der Waals surface area contributed by atoms with Gasteiger partial charge in [0.25, 0.3) is 0 Å².